The van der Waals surface area contributed by atoms with Gasteiger partial charge in [0.1, 0.15) is 5.82 Å². The van der Waals surface area contributed by atoms with Crippen molar-refractivity contribution >= 4 is 21.8 Å². The number of benzene rings is 4. The second-order valence-electron chi connectivity index (χ2n) is 18.4. The van der Waals surface area contributed by atoms with Crippen LogP contribution < -0.4 is 4.74 Å². The summed E-state index contributed by atoms with van der Waals surface area (Å²) in [7, 11) is 0. The number of aromatic nitrogens is 4. The first-order valence-corrected chi connectivity index (χ1v) is 21.0. The van der Waals surface area contributed by atoms with E-state index in [2.05, 4.69) is 176 Å². The van der Waals surface area contributed by atoms with Gasteiger partial charge in [-0.3, -0.25) is 4.68 Å². The van der Waals surface area contributed by atoms with Crippen LogP contribution in [0.3, 0.4) is 0 Å². The van der Waals surface area contributed by atoms with Crippen molar-refractivity contribution in [1.29, 1.82) is 0 Å². The number of ether oxygens (including phenoxy) is 1. The number of nitrogens with zero attached hydrogens (tertiary/aromatic N) is 4. The van der Waals surface area contributed by atoms with E-state index in [1.54, 1.807) is 0 Å². The maximum absolute atomic E-state index is 6.83. The van der Waals surface area contributed by atoms with Crippen molar-refractivity contribution in [3.05, 3.63) is 131 Å². The number of aryl methyl sites for hydroxylation is 1. The van der Waals surface area contributed by atoms with E-state index in [1.807, 2.05) is 12.3 Å². The average molecular weight is 952 g/mol. The second-order valence-corrected chi connectivity index (χ2v) is 18.4. The van der Waals surface area contributed by atoms with Crippen LogP contribution in [0.1, 0.15) is 142 Å². The third-order valence-electron chi connectivity index (χ3n) is 11.1. The molecule has 0 amide bonds. The van der Waals surface area contributed by atoms with Gasteiger partial charge in [-0.05, 0) is 81.5 Å². The van der Waals surface area contributed by atoms with E-state index in [0.29, 0.717) is 11.5 Å². The summed E-state index contributed by atoms with van der Waals surface area (Å²) >= 11 is 0. The van der Waals surface area contributed by atoms with Gasteiger partial charge in [-0.2, -0.15) is 11.2 Å². The van der Waals surface area contributed by atoms with Crippen LogP contribution in [0.2, 0.25) is 0 Å². The Labute approximate surface area is 361 Å². The standard InChI is InChI=1S/C52H60N4O.Pt/c1-12-13-14-16-19-36-22-25-45-44(28-36)43-24-23-41(33-46(43)55(45)47-31-38(26-27-53-47)51(6,7)8)57-42-30-39(52(9,10)11)29-40(32-42)56-50(35(4)5)48(49(54-56)34(2)3)37-20-17-15-18-21-37;/h15,17-18,20-31,34-35H,12-14,16,19H2,1-11H3;/q-2;+2. The molecule has 0 unspecified atom stereocenters. The Morgan fingerprint density at radius 2 is 1.45 bits per heavy atom. The molecule has 0 aliphatic carbocycles. The first-order valence-electron chi connectivity index (χ1n) is 21.0. The minimum atomic E-state index is -0.145. The Kier molecular flexibility index (Phi) is 12.9. The molecule has 6 heteroatoms. The van der Waals surface area contributed by atoms with Gasteiger partial charge in [-0.25, -0.2) is 4.98 Å². The molecule has 0 aliphatic rings. The van der Waals surface area contributed by atoms with E-state index in [1.165, 1.54) is 59.0 Å². The maximum Gasteiger partial charge on any atom is 2.00 e. The molecule has 58 heavy (non-hydrogen) atoms. The van der Waals surface area contributed by atoms with Crippen molar-refractivity contribution in [2.75, 3.05) is 0 Å². The SMILES string of the molecule is CCCCCCc1ccc2c(c1)c1ccc(Oc3[c-]c(-n4nc(C(C)C)c(-c5ccccc5)c4C(C)C)cc(C(C)(C)C)c3)[c-]c1n2-c1cc(C(C)(C)C)ccn1.[Pt+2]. The molecule has 0 saturated heterocycles. The zero-order chi connectivity index (χ0) is 40.6. The Morgan fingerprint density at radius 1 is 0.707 bits per heavy atom. The molecule has 0 N–H and O–H groups in total. The smallest absolute Gasteiger partial charge is 0.509 e. The van der Waals surface area contributed by atoms with Crippen molar-refractivity contribution in [2.24, 2.45) is 0 Å². The van der Waals surface area contributed by atoms with Gasteiger partial charge in [-0.15, -0.1) is 41.3 Å². The van der Waals surface area contributed by atoms with Gasteiger partial charge >= 0.3 is 21.1 Å². The normalized spacial score (nSPS) is 12.2. The maximum atomic E-state index is 6.83. The first-order chi connectivity index (χ1) is 27.1. The number of hydrogen-bond acceptors (Lipinski definition) is 3. The van der Waals surface area contributed by atoms with Gasteiger partial charge in [0, 0.05) is 28.8 Å². The molecule has 0 bridgehead atoms. The largest absolute Gasteiger partial charge is 2.00 e. The predicted molar refractivity (Wildman–Crippen MR) is 239 cm³/mol. The number of fused-ring (bicyclic) bond motifs is 3. The summed E-state index contributed by atoms with van der Waals surface area (Å²) in [5, 5.41) is 7.68. The average Bonchev–Trinajstić information content (AvgIpc) is 3.73. The summed E-state index contributed by atoms with van der Waals surface area (Å²) in [4.78, 5) is 4.94. The molecule has 0 aliphatic heterocycles. The van der Waals surface area contributed by atoms with Crippen molar-refractivity contribution < 1.29 is 25.8 Å². The Balaban J connectivity index is 0.00000567. The quantitative estimate of drug-likeness (QED) is 0.0905. The number of pyridine rings is 1. The minimum Gasteiger partial charge on any atom is -0.509 e. The van der Waals surface area contributed by atoms with E-state index in [0.717, 1.165) is 45.6 Å². The Hall–Kier alpha value is -4.47. The summed E-state index contributed by atoms with van der Waals surface area (Å²) in [6.45, 7) is 24.7. The molecule has 7 rings (SSSR count). The fourth-order valence-corrected chi connectivity index (χ4v) is 7.91. The van der Waals surface area contributed by atoms with E-state index in [4.69, 9.17) is 14.8 Å². The van der Waals surface area contributed by atoms with Gasteiger partial charge in [-0.1, -0.05) is 143 Å². The molecular formula is C52H60N4OPt. The molecule has 5 nitrogen and oxygen atoms in total. The van der Waals surface area contributed by atoms with E-state index in [-0.39, 0.29) is 43.7 Å². The molecule has 0 saturated carbocycles. The third-order valence-corrected chi connectivity index (χ3v) is 11.1. The number of unbranched alkanes of at least 4 members (excludes halogenated alkanes) is 3. The summed E-state index contributed by atoms with van der Waals surface area (Å²) in [5.41, 5.74) is 11.2. The molecule has 3 aromatic heterocycles. The minimum absolute atomic E-state index is 0. The van der Waals surface area contributed by atoms with Gasteiger partial charge in [0.25, 0.3) is 0 Å². The van der Waals surface area contributed by atoms with Gasteiger partial charge in [0.15, 0.2) is 0 Å². The topological polar surface area (TPSA) is 44.9 Å². The first kappa shape index (κ1) is 43.1. The van der Waals surface area contributed by atoms with E-state index in [9.17, 15) is 0 Å². The molecular weight excluding hydrogens is 892 g/mol. The third kappa shape index (κ3) is 8.91. The van der Waals surface area contributed by atoms with Crippen LogP contribution in [0.5, 0.6) is 11.5 Å². The summed E-state index contributed by atoms with van der Waals surface area (Å²) in [5.74, 6) is 2.60. The molecule has 7 aromatic rings. The van der Waals surface area contributed by atoms with Gasteiger partial charge in [0.2, 0.25) is 0 Å². The zero-order valence-corrected chi connectivity index (χ0v) is 38.6. The van der Waals surface area contributed by atoms with Crippen LogP contribution in [0.15, 0.2) is 91.1 Å². The Bertz CT molecular complexity index is 2510. The molecule has 304 valence electrons. The Morgan fingerprint density at radius 3 is 2.12 bits per heavy atom. The van der Waals surface area contributed by atoms with Crippen molar-refractivity contribution in [2.45, 2.75) is 131 Å². The van der Waals surface area contributed by atoms with Crippen LogP contribution in [-0.4, -0.2) is 19.3 Å². The summed E-state index contributed by atoms with van der Waals surface area (Å²) in [6, 6.07) is 37.9. The van der Waals surface area contributed by atoms with Gasteiger partial charge < -0.3 is 9.30 Å². The molecule has 4 aromatic carbocycles. The fraction of sp³-hybridized carbons (Fsp3) is 0.385. The van der Waals surface area contributed by atoms with Crippen LogP contribution in [0.25, 0.3) is 44.4 Å². The molecule has 0 spiro atoms. The zero-order valence-electron chi connectivity index (χ0n) is 36.4. The number of rotatable bonds is 12. The number of hydrogen-bond donors (Lipinski definition) is 0. The molecule has 0 atom stereocenters. The van der Waals surface area contributed by atoms with Crippen LogP contribution in [-0.2, 0) is 38.3 Å². The van der Waals surface area contributed by atoms with E-state index >= 15 is 0 Å². The van der Waals surface area contributed by atoms with Crippen LogP contribution in [0, 0.1) is 12.1 Å². The monoisotopic (exact) mass is 951 g/mol. The van der Waals surface area contributed by atoms with Crippen molar-refractivity contribution in [3.8, 4) is 34.1 Å². The van der Waals surface area contributed by atoms with Gasteiger partial charge in [0.05, 0.1) is 11.4 Å². The summed E-state index contributed by atoms with van der Waals surface area (Å²) < 4.78 is 11.2. The fourth-order valence-electron chi connectivity index (χ4n) is 7.91. The second kappa shape index (κ2) is 17.4. The van der Waals surface area contributed by atoms with Crippen molar-refractivity contribution in [3.63, 3.8) is 0 Å². The molecule has 3 heterocycles. The van der Waals surface area contributed by atoms with Crippen LogP contribution in [0.4, 0.5) is 0 Å². The molecule has 0 radical (unpaired) electrons. The van der Waals surface area contributed by atoms with Crippen LogP contribution >= 0.6 is 0 Å². The van der Waals surface area contributed by atoms with E-state index < -0.39 is 0 Å². The predicted octanol–water partition coefficient (Wildman–Crippen LogP) is 14.4. The summed E-state index contributed by atoms with van der Waals surface area (Å²) in [6.07, 6.45) is 7.99. The molecule has 0 fully saturated rings. The van der Waals surface area contributed by atoms with Crippen molar-refractivity contribution in [1.82, 2.24) is 19.3 Å².